The van der Waals surface area contributed by atoms with Gasteiger partial charge in [-0.25, -0.2) is 8.42 Å². The summed E-state index contributed by atoms with van der Waals surface area (Å²) in [6.45, 7) is 3.38. The first-order valence-corrected chi connectivity index (χ1v) is 6.99. The van der Waals surface area contributed by atoms with Crippen LogP contribution in [-0.4, -0.2) is 30.9 Å². The molecule has 1 rings (SSSR count). The molecule has 17 heavy (non-hydrogen) atoms. The molecule has 1 aromatic rings. The number of hydrogen-bond donors (Lipinski definition) is 1. The Bertz CT molecular complexity index is 499. The van der Waals surface area contributed by atoms with E-state index in [0.717, 1.165) is 0 Å². The Morgan fingerprint density at radius 3 is 2.41 bits per heavy atom. The van der Waals surface area contributed by atoms with E-state index in [4.69, 9.17) is 16.7 Å². The van der Waals surface area contributed by atoms with Crippen molar-refractivity contribution in [2.45, 2.75) is 31.4 Å². The van der Waals surface area contributed by atoms with Crippen molar-refractivity contribution in [3.05, 3.63) is 28.8 Å². The van der Waals surface area contributed by atoms with E-state index >= 15 is 0 Å². The largest absolute Gasteiger partial charge is 0.392 e. The van der Waals surface area contributed by atoms with Gasteiger partial charge in [0.15, 0.2) is 0 Å². The highest BCUT2D eigenvalue weighted by Gasteiger charge is 2.23. The van der Waals surface area contributed by atoms with Gasteiger partial charge < -0.3 is 5.11 Å². The van der Waals surface area contributed by atoms with Crippen LogP contribution < -0.4 is 0 Å². The third-order valence-electron chi connectivity index (χ3n) is 2.60. The summed E-state index contributed by atoms with van der Waals surface area (Å²) in [6, 6.07) is 4.20. The van der Waals surface area contributed by atoms with E-state index in [0.29, 0.717) is 5.56 Å². The van der Waals surface area contributed by atoms with E-state index in [-0.39, 0.29) is 22.6 Å². The number of halogens is 1. The van der Waals surface area contributed by atoms with Crippen LogP contribution in [0.15, 0.2) is 23.1 Å². The first-order chi connectivity index (χ1) is 7.80. The first kappa shape index (κ1) is 14.4. The lowest BCUT2D eigenvalue weighted by atomic mass is 10.2. The molecule has 0 saturated heterocycles. The van der Waals surface area contributed by atoms with E-state index in [2.05, 4.69) is 0 Å². The highest BCUT2D eigenvalue weighted by atomic mass is 35.5. The topological polar surface area (TPSA) is 57.6 Å². The molecule has 0 bridgehead atoms. The zero-order valence-corrected chi connectivity index (χ0v) is 11.6. The highest BCUT2D eigenvalue weighted by molar-refractivity contribution is 7.89. The molecular formula is C11H16ClNO3S. The van der Waals surface area contributed by atoms with Crippen molar-refractivity contribution in [2.24, 2.45) is 0 Å². The monoisotopic (exact) mass is 277 g/mol. The summed E-state index contributed by atoms with van der Waals surface area (Å²) in [4.78, 5) is 0.135. The van der Waals surface area contributed by atoms with Gasteiger partial charge in [0, 0.05) is 18.1 Å². The molecule has 0 saturated carbocycles. The lowest BCUT2D eigenvalue weighted by molar-refractivity contribution is 0.282. The minimum absolute atomic E-state index is 0.128. The molecule has 0 aromatic heterocycles. The molecule has 0 heterocycles. The number of rotatable bonds is 4. The summed E-state index contributed by atoms with van der Waals surface area (Å²) in [6.07, 6.45) is 0. The fraction of sp³-hybridized carbons (Fsp3) is 0.455. The smallest absolute Gasteiger partial charge is 0.243 e. The Morgan fingerprint density at radius 2 is 2.00 bits per heavy atom. The Balaban J connectivity index is 3.21. The van der Waals surface area contributed by atoms with Crippen LogP contribution in [0.1, 0.15) is 19.4 Å². The average molecular weight is 278 g/mol. The van der Waals surface area contributed by atoms with E-state index in [9.17, 15) is 8.42 Å². The van der Waals surface area contributed by atoms with Gasteiger partial charge in [-0.05, 0) is 31.5 Å². The minimum atomic E-state index is -3.52. The van der Waals surface area contributed by atoms with Crippen molar-refractivity contribution < 1.29 is 13.5 Å². The lowest BCUT2D eigenvalue weighted by Gasteiger charge is -2.21. The molecule has 0 radical (unpaired) electrons. The molecule has 0 amide bonds. The molecule has 1 N–H and O–H groups in total. The van der Waals surface area contributed by atoms with Crippen molar-refractivity contribution in [1.29, 1.82) is 0 Å². The van der Waals surface area contributed by atoms with Crippen LogP contribution in [0.5, 0.6) is 0 Å². The number of aliphatic hydroxyl groups is 1. The van der Waals surface area contributed by atoms with Crippen molar-refractivity contribution in [3.63, 3.8) is 0 Å². The molecule has 0 atom stereocenters. The Morgan fingerprint density at radius 1 is 1.41 bits per heavy atom. The third-order valence-corrected chi connectivity index (χ3v) is 4.98. The van der Waals surface area contributed by atoms with Crippen LogP contribution in [0.3, 0.4) is 0 Å². The van der Waals surface area contributed by atoms with E-state index in [1.807, 2.05) is 0 Å². The molecule has 6 heteroatoms. The number of sulfonamides is 1. The van der Waals surface area contributed by atoms with Crippen molar-refractivity contribution in [1.82, 2.24) is 4.31 Å². The maximum Gasteiger partial charge on any atom is 0.243 e. The van der Waals surface area contributed by atoms with Gasteiger partial charge in [-0.3, -0.25) is 0 Å². The summed E-state index contributed by atoms with van der Waals surface area (Å²) in [5.41, 5.74) is 0.512. The van der Waals surface area contributed by atoms with Gasteiger partial charge >= 0.3 is 0 Å². The van der Waals surface area contributed by atoms with Gasteiger partial charge in [0.25, 0.3) is 0 Å². The Kier molecular flexibility index (Phi) is 4.55. The maximum atomic E-state index is 12.1. The van der Waals surface area contributed by atoms with Crippen LogP contribution >= 0.6 is 11.6 Å². The maximum absolute atomic E-state index is 12.1. The SMILES string of the molecule is CC(C)N(C)S(=O)(=O)c1ccc(CO)c(Cl)c1. The van der Waals surface area contributed by atoms with Crippen molar-refractivity contribution in [3.8, 4) is 0 Å². The second kappa shape index (κ2) is 5.35. The summed E-state index contributed by atoms with van der Waals surface area (Å²) < 4.78 is 25.5. The molecule has 96 valence electrons. The molecular weight excluding hydrogens is 262 g/mol. The third kappa shape index (κ3) is 2.98. The minimum Gasteiger partial charge on any atom is -0.392 e. The van der Waals surface area contributed by atoms with Gasteiger partial charge in [-0.2, -0.15) is 4.31 Å². The lowest BCUT2D eigenvalue weighted by Crippen LogP contribution is -2.33. The van der Waals surface area contributed by atoms with Crippen LogP contribution in [0.2, 0.25) is 5.02 Å². The summed E-state index contributed by atoms with van der Waals surface area (Å²) >= 11 is 5.88. The number of benzene rings is 1. The average Bonchev–Trinajstić information content (AvgIpc) is 2.27. The zero-order chi connectivity index (χ0) is 13.2. The summed E-state index contributed by atoms with van der Waals surface area (Å²) in [5, 5.41) is 9.22. The van der Waals surface area contributed by atoms with E-state index in [1.54, 1.807) is 13.8 Å². The Labute approximate surface area is 107 Å². The molecule has 0 aliphatic carbocycles. The molecule has 4 nitrogen and oxygen atoms in total. The van der Waals surface area contributed by atoms with Gasteiger partial charge in [0.1, 0.15) is 0 Å². The van der Waals surface area contributed by atoms with Gasteiger partial charge in [-0.1, -0.05) is 17.7 Å². The summed E-state index contributed by atoms with van der Waals surface area (Å²) in [5.74, 6) is 0. The molecule has 0 spiro atoms. The fourth-order valence-corrected chi connectivity index (χ4v) is 2.96. The van der Waals surface area contributed by atoms with Crippen LogP contribution in [-0.2, 0) is 16.6 Å². The van der Waals surface area contributed by atoms with Crippen LogP contribution in [0.4, 0.5) is 0 Å². The fourth-order valence-electron chi connectivity index (χ4n) is 1.26. The summed E-state index contributed by atoms with van der Waals surface area (Å²) in [7, 11) is -2.00. The van der Waals surface area contributed by atoms with Crippen LogP contribution in [0, 0.1) is 0 Å². The van der Waals surface area contributed by atoms with Crippen molar-refractivity contribution in [2.75, 3.05) is 7.05 Å². The second-order valence-corrected chi connectivity index (χ2v) is 6.43. The molecule has 0 aliphatic rings. The Hall–Kier alpha value is -0.620. The number of nitrogens with zero attached hydrogens (tertiary/aromatic N) is 1. The van der Waals surface area contributed by atoms with Gasteiger partial charge in [0.2, 0.25) is 10.0 Å². The number of hydrogen-bond acceptors (Lipinski definition) is 3. The zero-order valence-electron chi connectivity index (χ0n) is 10.0. The predicted octanol–water partition coefficient (Wildman–Crippen LogP) is 1.86. The molecule has 0 aliphatic heterocycles. The van der Waals surface area contributed by atoms with Gasteiger partial charge in [0.05, 0.1) is 11.5 Å². The van der Waals surface area contributed by atoms with Crippen LogP contribution in [0.25, 0.3) is 0 Å². The predicted molar refractivity (Wildman–Crippen MR) is 67.5 cm³/mol. The van der Waals surface area contributed by atoms with E-state index in [1.165, 1.54) is 29.6 Å². The normalized spacial score (nSPS) is 12.4. The van der Waals surface area contributed by atoms with Gasteiger partial charge in [-0.15, -0.1) is 0 Å². The molecule has 0 unspecified atom stereocenters. The molecule has 0 fully saturated rings. The van der Waals surface area contributed by atoms with E-state index < -0.39 is 10.0 Å². The highest BCUT2D eigenvalue weighted by Crippen LogP contribution is 2.23. The molecule has 1 aromatic carbocycles. The standard InChI is InChI=1S/C11H16ClNO3S/c1-8(2)13(3)17(15,16)10-5-4-9(7-14)11(12)6-10/h4-6,8,14H,7H2,1-3H3. The quantitative estimate of drug-likeness (QED) is 0.914. The number of aliphatic hydroxyl groups excluding tert-OH is 1. The van der Waals surface area contributed by atoms with Crippen molar-refractivity contribution >= 4 is 21.6 Å². The second-order valence-electron chi connectivity index (χ2n) is 4.03. The first-order valence-electron chi connectivity index (χ1n) is 5.18.